The lowest BCUT2D eigenvalue weighted by atomic mass is 9.85. The molecular weight excluding hydrogens is 232 g/mol. The minimum absolute atomic E-state index is 0.441. The Morgan fingerprint density at radius 3 is 2.42 bits per heavy atom. The smallest absolute Gasteiger partial charge is 0.0446 e. The first-order chi connectivity index (χ1) is 9.22. The molecule has 0 aromatic heterocycles. The summed E-state index contributed by atoms with van der Waals surface area (Å²) in [4.78, 5) is 2.48. The van der Waals surface area contributed by atoms with Gasteiger partial charge in [-0.25, -0.2) is 0 Å². The van der Waals surface area contributed by atoms with Gasteiger partial charge in [0.15, 0.2) is 0 Å². The number of nitrogens with one attached hydrogen (secondary N) is 1. The lowest BCUT2D eigenvalue weighted by molar-refractivity contribution is 0.193. The number of likely N-dealkylation sites (N-methyl/N-ethyl adjacent to an activating group) is 2. The van der Waals surface area contributed by atoms with Crippen molar-refractivity contribution in [2.45, 2.75) is 38.6 Å². The zero-order chi connectivity index (χ0) is 13.7. The average Bonchev–Trinajstić information content (AvgIpc) is 2.40. The van der Waals surface area contributed by atoms with Crippen LogP contribution in [0.4, 0.5) is 0 Å². The van der Waals surface area contributed by atoms with Gasteiger partial charge in [0.05, 0.1) is 0 Å². The van der Waals surface area contributed by atoms with Crippen molar-refractivity contribution in [3.05, 3.63) is 35.4 Å². The predicted octanol–water partition coefficient (Wildman–Crippen LogP) is 3.24. The minimum atomic E-state index is 0.441. The monoisotopic (exact) mass is 260 g/mol. The van der Waals surface area contributed by atoms with E-state index in [0.717, 1.165) is 18.9 Å². The van der Waals surface area contributed by atoms with Crippen LogP contribution in [-0.4, -0.2) is 32.1 Å². The molecule has 1 atom stereocenters. The van der Waals surface area contributed by atoms with Crippen LogP contribution in [0.3, 0.4) is 0 Å². The molecule has 0 saturated heterocycles. The van der Waals surface area contributed by atoms with Crippen molar-refractivity contribution in [2.24, 2.45) is 5.92 Å². The van der Waals surface area contributed by atoms with E-state index in [0.29, 0.717) is 6.04 Å². The molecule has 2 nitrogen and oxygen atoms in total. The Bertz CT molecular complexity index is 367. The van der Waals surface area contributed by atoms with Gasteiger partial charge in [0, 0.05) is 19.1 Å². The van der Waals surface area contributed by atoms with Crippen molar-refractivity contribution in [1.82, 2.24) is 10.2 Å². The van der Waals surface area contributed by atoms with Gasteiger partial charge in [-0.1, -0.05) is 37.6 Å². The molecule has 1 aliphatic carbocycles. The third kappa shape index (κ3) is 4.05. The number of rotatable bonds is 7. The van der Waals surface area contributed by atoms with Gasteiger partial charge in [0.25, 0.3) is 0 Å². The van der Waals surface area contributed by atoms with E-state index >= 15 is 0 Å². The summed E-state index contributed by atoms with van der Waals surface area (Å²) in [6, 6.07) is 9.50. The maximum absolute atomic E-state index is 3.45. The minimum Gasteiger partial charge on any atom is -0.312 e. The summed E-state index contributed by atoms with van der Waals surface area (Å²) in [5, 5.41) is 3.45. The van der Waals surface area contributed by atoms with Crippen LogP contribution in [-0.2, 0) is 6.42 Å². The van der Waals surface area contributed by atoms with E-state index in [2.05, 4.69) is 55.5 Å². The Labute approximate surface area is 118 Å². The molecule has 1 aromatic rings. The topological polar surface area (TPSA) is 15.3 Å². The Kier molecular flexibility index (Phi) is 5.41. The summed E-state index contributed by atoms with van der Waals surface area (Å²) >= 11 is 0. The molecular formula is C17H28N2. The molecule has 2 rings (SSSR count). The van der Waals surface area contributed by atoms with Crippen LogP contribution >= 0.6 is 0 Å². The molecule has 1 unspecified atom stereocenters. The third-order valence-corrected chi connectivity index (χ3v) is 4.43. The Balaban J connectivity index is 1.90. The van der Waals surface area contributed by atoms with Crippen molar-refractivity contribution in [3.63, 3.8) is 0 Å². The molecule has 0 heterocycles. The first-order valence-corrected chi connectivity index (χ1v) is 7.67. The molecule has 0 bridgehead atoms. The fraction of sp³-hybridized carbons (Fsp3) is 0.647. The third-order valence-electron chi connectivity index (χ3n) is 4.43. The van der Waals surface area contributed by atoms with Gasteiger partial charge in [-0.2, -0.15) is 0 Å². The highest BCUT2D eigenvalue weighted by Gasteiger charge is 2.20. The van der Waals surface area contributed by atoms with Crippen LogP contribution in [0.5, 0.6) is 0 Å². The van der Waals surface area contributed by atoms with Crippen LogP contribution in [0.2, 0.25) is 0 Å². The summed E-state index contributed by atoms with van der Waals surface area (Å²) < 4.78 is 0. The molecule has 0 spiro atoms. The fourth-order valence-corrected chi connectivity index (χ4v) is 2.85. The molecule has 0 amide bonds. The van der Waals surface area contributed by atoms with Crippen molar-refractivity contribution < 1.29 is 0 Å². The largest absolute Gasteiger partial charge is 0.312 e. The fourth-order valence-electron chi connectivity index (χ4n) is 2.85. The molecule has 1 aromatic carbocycles. The Morgan fingerprint density at radius 2 is 1.95 bits per heavy atom. The summed E-state index contributed by atoms with van der Waals surface area (Å²) in [5.41, 5.74) is 2.82. The van der Waals surface area contributed by atoms with E-state index in [1.54, 1.807) is 0 Å². The quantitative estimate of drug-likeness (QED) is 0.809. The Morgan fingerprint density at radius 1 is 1.26 bits per heavy atom. The standard InChI is InChI=1S/C17H28N2/c1-4-14-8-10-16(11-9-14)17(18-2)13-19(3)12-15-6-5-7-15/h8-11,15,17-18H,4-7,12-13H2,1-3H3. The Hall–Kier alpha value is -0.860. The van der Waals surface area contributed by atoms with Crippen molar-refractivity contribution in [1.29, 1.82) is 0 Å². The van der Waals surface area contributed by atoms with Crippen LogP contribution in [0, 0.1) is 5.92 Å². The zero-order valence-corrected chi connectivity index (χ0v) is 12.7. The second-order valence-electron chi connectivity index (χ2n) is 5.95. The van der Waals surface area contributed by atoms with Gasteiger partial charge in [-0.15, -0.1) is 0 Å². The SMILES string of the molecule is CCc1ccc(C(CN(C)CC2CCC2)NC)cc1. The number of benzene rings is 1. The van der Waals surface area contributed by atoms with Crippen molar-refractivity contribution in [2.75, 3.05) is 27.2 Å². The van der Waals surface area contributed by atoms with Gasteiger partial charge in [-0.3, -0.25) is 0 Å². The number of aryl methyl sites for hydroxylation is 1. The van der Waals surface area contributed by atoms with Crippen LogP contribution in [0.15, 0.2) is 24.3 Å². The van der Waals surface area contributed by atoms with Crippen LogP contribution in [0.25, 0.3) is 0 Å². The lowest BCUT2D eigenvalue weighted by Crippen LogP contribution is -2.35. The van der Waals surface area contributed by atoms with Gasteiger partial charge in [-0.05, 0) is 50.4 Å². The van der Waals surface area contributed by atoms with Crippen molar-refractivity contribution in [3.8, 4) is 0 Å². The first-order valence-electron chi connectivity index (χ1n) is 7.67. The second-order valence-corrected chi connectivity index (χ2v) is 5.95. The van der Waals surface area contributed by atoms with E-state index < -0.39 is 0 Å². The lowest BCUT2D eigenvalue weighted by Gasteiger charge is -2.32. The van der Waals surface area contributed by atoms with E-state index in [4.69, 9.17) is 0 Å². The first kappa shape index (κ1) is 14.5. The highest BCUT2D eigenvalue weighted by Crippen LogP contribution is 2.27. The maximum Gasteiger partial charge on any atom is 0.0446 e. The summed E-state index contributed by atoms with van der Waals surface area (Å²) in [5.74, 6) is 0.949. The average molecular weight is 260 g/mol. The number of hydrogen-bond acceptors (Lipinski definition) is 2. The normalized spacial score (nSPS) is 17.5. The molecule has 19 heavy (non-hydrogen) atoms. The highest BCUT2D eigenvalue weighted by molar-refractivity contribution is 5.25. The molecule has 1 aliphatic rings. The van der Waals surface area contributed by atoms with E-state index in [9.17, 15) is 0 Å². The maximum atomic E-state index is 3.45. The second kappa shape index (κ2) is 7.06. The highest BCUT2D eigenvalue weighted by atomic mass is 15.1. The summed E-state index contributed by atoms with van der Waals surface area (Å²) in [6.45, 7) is 4.56. The van der Waals surface area contributed by atoms with Crippen molar-refractivity contribution >= 4 is 0 Å². The molecule has 1 saturated carbocycles. The molecule has 0 aliphatic heterocycles. The summed E-state index contributed by atoms with van der Waals surface area (Å²) in [7, 11) is 4.32. The van der Waals surface area contributed by atoms with E-state index in [1.165, 1.54) is 36.9 Å². The summed E-state index contributed by atoms with van der Waals surface area (Å²) in [6.07, 6.45) is 5.41. The zero-order valence-electron chi connectivity index (χ0n) is 12.7. The molecule has 106 valence electrons. The van der Waals surface area contributed by atoms with Gasteiger partial charge < -0.3 is 10.2 Å². The molecule has 0 radical (unpaired) electrons. The predicted molar refractivity (Wildman–Crippen MR) is 82.5 cm³/mol. The van der Waals surface area contributed by atoms with Gasteiger partial charge in [0.1, 0.15) is 0 Å². The van der Waals surface area contributed by atoms with Gasteiger partial charge >= 0.3 is 0 Å². The van der Waals surface area contributed by atoms with Crippen LogP contribution in [0.1, 0.15) is 43.4 Å². The number of nitrogens with zero attached hydrogens (tertiary/aromatic N) is 1. The molecule has 1 N–H and O–H groups in total. The van der Waals surface area contributed by atoms with Crippen LogP contribution < -0.4 is 5.32 Å². The molecule has 2 heteroatoms. The van der Waals surface area contributed by atoms with E-state index in [1.807, 2.05) is 0 Å². The molecule has 1 fully saturated rings. The van der Waals surface area contributed by atoms with Gasteiger partial charge in [0.2, 0.25) is 0 Å². The number of hydrogen-bond donors (Lipinski definition) is 1. The van der Waals surface area contributed by atoms with E-state index in [-0.39, 0.29) is 0 Å².